The number of nitrogens with zero attached hydrogens (tertiary/aromatic N) is 4. The molecule has 0 atom stereocenters. The first-order chi connectivity index (χ1) is 14.5. The normalized spacial score (nSPS) is 11.4. The van der Waals surface area contributed by atoms with Gasteiger partial charge in [0, 0.05) is 16.3 Å². The van der Waals surface area contributed by atoms with Gasteiger partial charge in [0.2, 0.25) is 16.8 Å². The Labute approximate surface area is 176 Å². The van der Waals surface area contributed by atoms with Gasteiger partial charge in [0.1, 0.15) is 5.69 Å². The van der Waals surface area contributed by atoms with Crippen LogP contribution in [0.1, 0.15) is 22.4 Å². The van der Waals surface area contributed by atoms with E-state index in [1.54, 1.807) is 4.52 Å². The Morgan fingerprint density at radius 3 is 2.73 bits per heavy atom. The lowest BCUT2D eigenvalue weighted by Crippen LogP contribution is -2.15. The zero-order valence-electron chi connectivity index (χ0n) is 16.8. The number of anilines is 1. The van der Waals surface area contributed by atoms with Gasteiger partial charge in [-0.05, 0) is 38.0 Å². The Morgan fingerprint density at radius 1 is 1.13 bits per heavy atom. The number of amides is 1. The molecular formula is C22H19N5O2S. The third-order valence-corrected chi connectivity index (χ3v) is 5.80. The van der Waals surface area contributed by atoms with Crippen molar-refractivity contribution in [1.29, 1.82) is 0 Å². The minimum atomic E-state index is -0.237. The molecule has 7 nitrogen and oxygen atoms in total. The number of nitrogens with one attached hydrogen (secondary N) is 1. The third-order valence-electron chi connectivity index (χ3n) is 4.99. The van der Waals surface area contributed by atoms with Crippen LogP contribution in [0.2, 0.25) is 0 Å². The molecule has 5 rings (SSSR count). The maximum absolute atomic E-state index is 12.6. The summed E-state index contributed by atoms with van der Waals surface area (Å²) in [7, 11) is 0. The first-order valence-corrected chi connectivity index (χ1v) is 10.4. The lowest BCUT2D eigenvalue weighted by Gasteiger charge is -2.01. The molecule has 0 saturated carbocycles. The van der Waals surface area contributed by atoms with Gasteiger partial charge < -0.3 is 4.52 Å². The number of benzene rings is 2. The Kier molecular flexibility index (Phi) is 4.36. The van der Waals surface area contributed by atoms with Gasteiger partial charge >= 0.3 is 0 Å². The van der Waals surface area contributed by atoms with E-state index in [9.17, 15) is 4.79 Å². The van der Waals surface area contributed by atoms with Crippen molar-refractivity contribution in [3.05, 3.63) is 64.2 Å². The standard InChI is InChI=1S/C22H19N5O2S/c1-12-4-6-15(7-5-12)18-11-30-22-24-21(25-27(18)22)23-19(28)10-17-16-9-13(2)8-14(3)20(16)29-26-17/h4-9,11H,10H2,1-3H3,(H,23,25,28). The molecule has 0 unspecified atom stereocenters. The van der Waals surface area contributed by atoms with Crippen LogP contribution in [0, 0.1) is 20.8 Å². The van der Waals surface area contributed by atoms with Crippen LogP contribution in [0.15, 0.2) is 46.3 Å². The van der Waals surface area contributed by atoms with Gasteiger partial charge in [-0.3, -0.25) is 10.1 Å². The number of fused-ring (bicyclic) bond motifs is 2. The van der Waals surface area contributed by atoms with Crippen LogP contribution in [-0.2, 0) is 11.2 Å². The maximum atomic E-state index is 12.6. The summed E-state index contributed by atoms with van der Waals surface area (Å²) < 4.78 is 7.18. The fourth-order valence-corrected chi connectivity index (χ4v) is 4.38. The molecule has 30 heavy (non-hydrogen) atoms. The van der Waals surface area contributed by atoms with Crippen LogP contribution >= 0.6 is 11.3 Å². The molecule has 0 saturated heterocycles. The molecule has 150 valence electrons. The summed E-state index contributed by atoms with van der Waals surface area (Å²) in [6.45, 7) is 6.03. The second-order valence-corrected chi connectivity index (χ2v) is 8.27. The summed E-state index contributed by atoms with van der Waals surface area (Å²) in [5, 5.41) is 14.2. The quantitative estimate of drug-likeness (QED) is 0.458. The predicted octanol–water partition coefficient (Wildman–Crippen LogP) is 4.71. The predicted molar refractivity (Wildman–Crippen MR) is 117 cm³/mol. The van der Waals surface area contributed by atoms with Crippen molar-refractivity contribution >= 4 is 39.1 Å². The molecule has 1 amide bonds. The number of hydrogen-bond acceptors (Lipinski definition) is 6. The van der Waals surface area contributed by atoms with Crippen molar-refractivity contribution < 1.29 is 9.32 Å². The molecule has 0 spiro atoms. The number of aromatic nitrogens is 4. The molecule has 0 aliphatic heterocycles. The molecule has 3 aromatic heterocycles. The van der Waals surface area contributed by atoms with Gasteiger partial charge in [-0.2, -0.15) is 4.98 Å². The number of rotatable bonds is 4. The number of hydrogen-bond donors (Lipinski definition) is 1. The van der Waals surface area contributed by atoms with E-state index in [0.29, 0.717) is 11.3 Å². The van der Waals surface area contributed by atoms with E-state index in [-0.39, 0.29) is 18.3 Å². The Bertz CT molecular complexity index is 1390. The fraction of sp³-hybridized carbons (Fsp3) is 0.182. The van der Waals surface area contributed by atoms with Gasteiger partial charge in [0.25, 0.3) is 0 Å². The van der Waals surface area contributed by atoms with Gasteiger partial charge in [0.15, 0.2) is 5.58 Å². The largest absolute Gasteiger partial charge is 0.356 e. The Hall–Kier alpha value is -3.52. The maximum Gasteiger partial charge on any atom is 0.250 e. The molecule has 0 fully saturated rings. The summed E-state index contributed by atoms with van der Waals surface area (Å²) in [5.74, 6) is 0.0415. The highest BCUT2D eigenvalue weighted by atomic mass is 32.1. The Morgan fingerprint density at radius 2 is 1.93 bits per heavy atom. The van der Waals surface area contributed by atoms with Crippen molar-refractivity contribution in [3.8, 4) is 11.3 Å². The molecule has 0 aliphatic carbocycles. The topological polar surface area (TPSA) is 85.3 Å². The minimum absolute atomic E-state index is 0.0908. The van der Waals surface area contributed by atoms with E-state index in [4.69, 9.17) is 4.52 Å². The zero-order valence-corrected chi connectivity index (χ0v) is 17.6. The molecule has 1 N–H and O–H groups in total. The molecule has 2 aromatic carbocycles. The van der Waals surface area contributed by atoms with Crippen LogP contribution in [0.25, 0.3) is 27.2 Å². The second kappa shape index (κ2) is 7.07. The van der Waals surface area contributed by atoms with Gasteiger partial charge in [-0.15, -0.1) is 16.4 Å². The molecule has 8 heteroatoms. The molecule has 0 radical (unpaired) electrons. The first kappa shape index (κ1) is 18.5. The summed E-state index contributed by atoms with van der Waals surface area (Å²) in [4.78, 5) is 17.8. The lowest BCUT2D eigenvalue weighted by molar-refractivity contribution is -0.115. The third kappa shape index (κ3) is 3.25. The molecule has 5 aromatic rings. The first-order valence-electron chi connectivity index (χ1n) is 9.54. The summed E-state index contributed by atoms with van der Waals surface area (Å²) in [6, 6.07) is 12.2. The van der Waals surface area contributed by atoms with E-state index in [2.05, 4.69) is 51.7 Å². The van der Waals surface area contributed by atoms with Gasteiger partial charge in [0.05, 0.1) is 12.1 Å². The van der Waals surface area contributed by atoms with Crippen LogP contribution < -0.4 is 5.32 Å². The van der Waals surface area contributed by atoms with E-state index < -0.39 is 0 Å². The zero-order chi connectivity index (χ0) is 20.8. The van der Waals surface area contributed by atoms with E-state index in [1.807, 2.05) is 31.4 Å². The summed E-state index contributed by atoms with van der Waals surface area (Å²) in [5.41, 5.74) is 6.61. The fourth-order valence-electron chi connectivity index (χ4n) is 3.55. The highest BCUT2D eigenvalue weighted by Crippen LogP contribution is 2.27. The van der Waals surface area contributed by atoms with Crippen LogP contribution in [0.3, 0.4) is 0 Å². The molecule has 0 aliphatic rings. The van der Waals surface area contributed by atoms with Crippen molar-refractivity contribution in [1.82, 2.24) is 19.8 Å². The summed E-state index contributed by atoms with van der Waals surface area (Å²) in [6.07, 6.45) is 0.0908. The monoisotopic (exact) mass is 417 g/mol. The van der Waals surface area contributed by atoms with Crippen molar-refractivity contribution in [2.75, 3.05) is 5.32 Å². The lowest BCUT2D eigenvalue weighted by atomic mass is 10.1. The highest BCUT2D eigenvalue weighted by molar-refractivity contribution is 7.15. The number of thiazole rings is 1. The number of carbonyl (C=O) groups excluding carboxylic acids is 1. The van der Waals surface area contributed by atoms with Crippen molar-refractivity contribution in [3.63, 3.8) is 0 Å². The van der Waals surface area contributed by atoms with E-state index >= 15 is 0 Å². The molecule has 3 heterocycles. The average Bonchev–Trinajstić information content (AvgIpc) is 3.37. The number of carbonyl (C=O) groups is 1. The second-order valence-electron chi connectivity index (χ2n) is 7.43. The number of aryl methyl sites for hydroxylation is 3. The smallest absolute Gasteiger partial charge is 0.250 e. The Balaban J connectivity index is 1.38. The van der Waals surface area contributed by atoms with Crippen molar-refractivity contribution in [2.24, 2.45) is 0 Å². The summed E-state index contributed by atoms with van der Waals surface area (Å²) >= 11 is 1.48. The SMILES string of the molecule is Cc1ccc(-c2csc3nc(NC(=O)Cc4noc5c(C)cc(C)cc45)nn23)cc1. The molecular weight excluding hydrogens is 398 g/mol. The highest BCUT2D eigenvalue weighted by Gasteiger charge is 2.17. The van der Waals surface area contributed by atoms with Crippen LogP contribution in [-0.4, -0.2) is 25.7 Å². The van der Waals surface area contributed by atoms with Crippen LogP contribution in [0.4, 0.5) is 5.95 Å². The van der Waals surface area contributed by atoms with Gasteiger partial charge in [-0.1, -0.05) is 41.1 Å². The van der Waals surface area contributed by atoms with Crippen LogP contribution in [0.5, 0.6) is 0 Å². The molecule has 0 bridgehead atoms. The minimum Gasteiger partial charge on any atom is -0.356 e. The van der Waals surface area contributed by atoms with Gasteiger partial charge in [-0.25, -0.2) is 4.52 Å². The van der Waals surface area contributed by atoms with E-state index in [0.717, 1.165) is 32.7 Å². The average molecular weight is 417 g/mol. The van der Waals surface area contributed by atoms with E-state index in [1.165, 1.54) is 16.9 Å². The van der Waals surface area contributed by atoms with Crippen molar-refractivity contribution in [2.45, 2.75) is 27.2 Å².